The van der Waals surface area contributed by atoms with E-state index in [0.29, 0.717) is 6.54 Å². The molecule has 1 atom stereocenters. The van der Waals surface area contributed by atoms with Crippen molar-refractivity contribution in [1.29, 1.82) is 0 Å². The third-order valence-corrected chi connectivity index (χ3v) is 3.17. The van der Waals surface area contributed by atoms with Crippen molar-refractivity contribution in [2.45, 2.75) is 19.5 Å². The standard InChI is InChI=1S/C16H19FN2O2/c1-12(13-5-7-14(17)8-6-13)18-16(20)11-19(2)10-15-4-3-9-21-15/h3-9,12H,10-11H2,1-2H3,(H,18,20)/t12-/m0/s1. The normalized spacial score (nSPS) is 12.4. The first-order valence-corrected chi connectivity index (χ1v) is 6.80. The van der Waals surface area contributed by atoms with Gasteiger partial charge in [-0.15, -0.1) is 0 Å². The lowest BCUT2D eigenvalue weighted by Crippen LogP contribution is -2.36. The number of nitrogens with zero attached hydrogens (tertiary/aromatic N) is 1. The molecule has 0 aliphatic rings. The van der Waals surface area contributed by atoms with E-state index in [1.165, 1.54) is 12.1 Å². The number of carbonyl (C=O) groups is 1. The van der Waals surface area contributed by atoms with Crippen molar-refractivity contribution in [3.8, 4) is 0 Å². The van der Waals surface area contributed by atoms with Gasteiger partial charge in [0.15, 0.2) is 0 Å². The summed E-state index contributed by atoms with van der Waals surface area (Å²) in [5.74, 6) is 0.452. The highest BCUT2D eigenvalue weighted by Crippen LogP contribution is 2.12. The Balaban J connectivity index is 1.82. The Morgan fingerprint density at radius 2 is 2.05 bits per heavy atom. The summed E-state index contributed by atoms with van der Waals surface area (Å²) >= 11 is 0. The molecule has 0 saturated heterocycles. The summed E-state index contributed by atoms with van der Waals surface area (Å²) in [6, 6.07) is 9.66. The molecule has 1 N–H and O–H groups in total. The van der Waals surface area contributed by atoms with Gasteiger partial charge in [-0.25, -0.2) is 4.39 Å². The second-order valence-electron chi connectivity index (χ2n) is 5.09. The zero-order valence-electron chi connectivity index (χ0n) is 12.2. The number of furan rings is 1. The Kier molecular flexibility index (Phi) is 5.11. The molecule has 4 nitrogen and oxygen atoms in total. The van der Waals surface area contributed by atoms with E-state index >= 15 is 0 Å². The molecule has 0 fully saturated rings. The fourth-order valence-corrected chi connectivity index (χ4v) is 2.09. The molecule has 2 rings (SSSR count). The van der Waals surface area contributed by atoms with Crippen molar-refractivity contribution in [2.24, 2.45) is 0 Å². The molecule has 21 heavy (non-hydrogen) atoms. The zero-order chi connectivity index (χ0) is 15.2. The fraction of sp³-hybridized carbons (Fsp3) is 0.312. The van der Waals surface area contributed by atoms with E-state index < -0.39 is 0 Å². The number of benzene rings is 1. The maximum Gasteiger partial charge on any atom is 0.234 e. The molecule has 0 aliphatic carbocycles. The van der Waals surface area contributed by atoms with E-state index in [9.17, 15) is 9.18 Å². The van der Waals surface area contributed by atoms with Gasteiger partial charge in [-0.05, 0) is 43.8 Å². The minimum atomic E-state index is -0.282. The van der Waals surface area contributed by atoms with Crippen LogP contribution in [0, 0.1) is 5.82 Å². The molecule has 0 saturated carbocycles. The van der Waals surface area contributed by atoms with E-state index in [-0.39, 0.29) is 24.3 Å². The van der Waals surface area contributed by atoms with Gasteiger partial charge < -0.3 is 9.73 Å². The van der Waals surface area contributed by atoms with Gasteiger partial charge in [0.05, 0.1) is 25.4 Å². The van der Waals surface area contributed by atoms with E-state index in [1.54, 1.807) is 18.4 Å². The topological polar surface area (TPSA) is 45.5 Å². The third kappa shape index (κ3) is 4.72. The Hall–Kier alpha value is -2.14. The van der Waals surface area contributed by atoms with E-state index in [2.05, 4.69) is 5.32 Å². The SMILES string of the molecule is C[C@H](NC(=O)CN(C)Cc1ccco1)c1ccc(F)cc1. The average Bonchev–Trinajstić information content (AvgIpc) is 2.91. The van der Waals surface area contributed by atoms with Crippen LogP contribution in [0.5, 0.6) is 0 Å². The largest absolute Gasteiger partial charge is 0.468 e. The molecular formula is C16H19FN2O2. The van der Waals surface area contributed by atoms with Gasteiger partial charge in [-0.3, -0.25) is 9.69 Å². The highest BCUT2D eigenvalue weighted by Gasteiger charge is 2.12. The summed E-state index contributed by atoms with van der Waals surface area (Å²) in [7, 11) is 1.85. The van der Waals surface area contributed by atoms with Crippen LogP contribution in [0.1, 0.15) is 24.3 Å². The van der Waals surface area contributed by atoms with Gasteiger partial charge in [0.25, 0.3) is 0 Å². The molecule has 5 heteroatoms. The lowest BCUT2D eigenvalue weighted by Gasteiger charge is -2.18. The van der Waals surface area contributed by atoms with Gasteiger partial charge in [0.2, 0.25) is 5.91 Å². The van der Waals surface area contributed by atoms with Crippen LogP contribution in [0.3, 0.4) is 0 Å². The summed E-state index contributed by atoms with van der Waals surface area (Å²) in [5, 5.41) is 2.89. The molecule has 1 aromatic heterocycles. The summed E-state index contributed by atoms with van der Waals surface area (Å²) in [6.07, 6.45) is 1.61. The van der Waals surface area contributed by atoms with Crippen molar-refractivity contribution >= 4 is 5.91 Å². The van der Waals surface area contributed by atoms with Gasteiger partial charge in [-0.1, -0.05) is 12.1 Å². The molecule has 1 aromatic carbocycles. The molecule has 0 bridgehead atoms. The van der Waals surface area contributed by atoms with Gasteiger partial charge in [-0.2, -0.15) is 0 Å². The van der Waals surface area contributed by atoms with Crippen LogP contribution < -0.4 is 5.32 Å². The molecular weight excluding hydrogens is 271 g/mol. The highest BCUT2D eigenvalue weighted by molar-refractivity contribution is 5.78. The predicted octanol–water partition coefficient (Wildman–Crippen LogP) is 2.73. The number of hydrogen-bond acceptors (Lipinski definition) is 3. The van der Waals surface area contributed by atoms with Crippen molar-refractivity contribution in [3.63, 3.8) is 0 Å². The van der Waals surface area contributed by atoms with Gasteiger partial charge in [0, 0.05) is 0 Å². The van der Waals surface area contributed by atoms with Crippen molar-refractivity contribution < 1.29 is 13.6 Å². The Bertz CT molecular complexity index is 566. The third-order valence-electron chi connectivity index (χ3n) is 3.17. The minimum absolute atomic E-state index is 0.0825. The number of nitrogens with one attached hydrogen (secondary N) is 1. The number of carbonyl (C=O) groups excluding carboxylic acids is 1. The average molecular weight is 290 g/mol. The summed E-state index contributed by atoms with van der Waals surface area (Å²) in [5.41, 5.74) is 0.874. The van der Waals surface area contributed by atoms with Gasteiger partial charge >= 0.3 is 0 Å². The first-order valence-electron chi connectivity index (χ1n) is 6.80. The highest BCUT2D eigenvalue weighted by atomic mass is 19.1. The smallest absolute Gasteiger partial charge is 0.234 e. The fourth-order valence-electron chi connectivity index (χ4n) is 2.09. The quantitative estimate of drug-likeness (QED) is 0.889. The van der Waals surface area contributed by atoms with Crippen molar-refractivity contribution in [2.75, 3.05) is 13.6 Å². The second kappa shape index (κ2) is 7.04. The Morgan fingerprint density at radius 3 is 2.67 bits per heavy atom. The number of halogens is 1. The number of hydrogen-bond donors (Lipinski definition) is 1. The number of likely N-dealkylation sites (N-methyl/N-ethyl adjacent to an activating group) is 1. The van der Waals surface area contributed by atoms with E-state index in [4.69, 9.17) is 4.42 Å². The van der Waals surface area contributed by atoms with Crippen LogP contribution >= 0.6 is 0 Å². The molecule has 0 aliphatic heterocycles. The molecule has 2 aromatic rings. The Labute approximate surface area is 123 Å². The van der Waals surface area contributed by atoms with E-state index in [1.807, 2.05) is 31.0 Å². The summed E-state index contributed by atoms with van der Waals surface area (Å²) in [4.78, 5) is 13.8. The van der Waals surface area contributed by atoms with Crippen LogP contribution in [0.2, 0.25) is 0 Å². The second-order valence-corrected chi connectivity index (χ2v) is 5.09. The van der Waals surface area contributed by atoms with Crippen molar-refractivity contribution in [3.05, 3.63) is 59.8 Å². The first kappa shape index (κ1) is 15.3. The van der Waals surface area contributed by atoms with Crippen molar-refractivity contribution in [1.82, 2.24) is 10.2 Å². The molecule has 0 spiro atoms. The van der Waals surface area contributed by atoms with Crippen LogP contribution in [-0.4, -0.2) is 24.4 Å². The van der Waals surface area contributed by atoms with Crippen LogP contribution in [-0.2, 0) is 11.3 Å². The monoisotopic (exact) mass is 290 g/mol. The lowest BCUT2D eigenvalue weighted by molar-refractivity contribution is -0.122. The molecule has 0 radical (unpaired) electrons. The summed E-state index contributed by atoms with van der Waals surface area (Å²) < 4.78 is 18.1. The minimum Gasteiger partial charge on any atom is -0.468 e. The molecule has 112 valence electrons. The number of amides is 1. The molecule has 1 amide bonds. The maximum absolute atomic E-state index is 12.9. The summed E-state index contributed by atoms with van der Waals surface area (Å²) in [6.45, 7) is 2.72. The number of rotatable bonds is 6. The zero-order valence-corrected chi connectivity index (χ0v) is 12.2. The molecule has 1 heterocycles. The van der Waals surface area contributed by atoms with Crippen LogP contribution in [0.25, 0.3) is 0 Å². The molecule has 0 unspecified atom stereocenters. The van der Waals surface area contributed by atoms with Gasteiger partial charge in [0.1, 0.15) is 11.6 Å². The van der Waals surface area contributed by atoms with E-state index in [0.717, 1.165) is 11.3 Å². The first-order chi connectivity index (χ1) is 10.0. The van der Waals surface area contributed by atoms with Crippen LogP contribution in [0.4, 0.5) is 4.39 Å². The Morgan fingerprint density at radius 1 is 1.33 bits per heavy atom. The van der Waals surface area contributed by atoms with Crippen LogP contribution in [0.15, 0.2) is 47.1 Å². The lowest BCUT2D eigenvalue weighted by atomic mass is 10.1. The predicted molar refractivity (Wildman–Crippen MR) is 78.0 cm³/mol. The maximum atomic E-state index is 12.9.